The second-order valence-corrected chi connectivity index (χ2v) is 4.11. The van der Waals surface area contributed by atoms with Crippen molar-refractivity contribution in [2.45, 2.75) is 38.4 Å². The number of carbonyl (C=O) groups is 1. The molecule has 0 aliphatic rings. The number of hydrogen-bond donors (Lipinski definition) is 2. The highest BCUT2D eigenvalue weighted by Gasteiger charge is 2.30. The third-order valence-electron chi connectivity index (χ3n) is 2.56. The lowest BCUT2D eigenvalue weighted by Crippen LogP contribution is -2.29. The zero-order chi connectivity index (χ0) is 14.5. The molecule has 7 heteroatoms. The molecule has 0 fully saturated rings. The van der Waals surface area contributed by atoms with E-state index in [9.17, 15) is 18.0 Å². The molecule has 0 saturated heterocycles. The Hall–Kier alpha value is -1.79. The molecule has 0 aromatic carbocycles. The van der Waals surface area contributed by atoms with Gasteiger partial charge < -0.3 is 10.4 Å². The molecule has 106 valence electrons. The molecule has 0 bridgehead atoms. The smallest absolute Gasteiger partial charge is 0.417 e. The van der Waals surface area contributed by atoms with Crippen LogP contribution in [-0.2, 0) is 11.0 Å². The van der Waals surface area contributed by atoms with Crippen LogP contribution in [0.1, 0.15) is 31.7 Å². The second kappa shape index (κ2) is 6.40. The molecule has 1 heterocycles. The van der Waals surface area contributed by atoms with Crippen LogP contribution in [0.5, 0.6) is 0 Å². The number of nitrogens with zero attached hydrogens (tertiary/aromatic N) is 1. The Morgan fingerprint density at radius 2 is 2.16 bits per heavy atom. The molecule has 0 amide bonds. The summed E-state index contributed by atoms with van der Waals surface area (Å²) in [7, 11) is 0. The predicted octanol–water partition coefficient (Wildman–Crippen LogP) is 3.16. The Morgan fingerprint density at radius 3 is 2.58 bits per heavy atom. The molecule has 4 nitrogen and oxygen atoms in total. The van der Waals surface area contributed by atoms with Gasteiger partial charge in [-0.2, -0.15) is 13.2 Å². The van der Waals surface area contributed by atoms with Crippen molar-refractivity contribution >= 4 is 11.8 Å². The van der Waals surface area contributed by atoms with Gasteiger partial charge in [0.1, 0.15) is 11.9 Å². The highest BCUT2D eigenvalue weighted by Crippen LogP contribution is 2.28. The van der Waals surface area contributed by atoms with E-state index in [0.29, 0.717) is 19.0 Å². The molecule has 0 aliphatic heterocycles. The van der Waals surface area contributed by atoms with E-state index in [-0.39, 0.29) is 5.82 Å². The zero-order valence-corrected chi connectivity index (χ0v) is 10.4. The summed E-state index contributed by atoms with van der Waals surface area (Å²) in [4.78, 5) is 14.5. The van der Waals surface area contributed by atoms with Crippen molar-refractivity contribution in [3.8, 4) is 0 Å². The Morgan fingerprint density at radius 1 is 1.47 bits per heavy atom. The van der Waals surface area contributed by atoms with Crippen LogP contribution < -0.4 is 5.32 Å². The molecule has 0 aliphatic carbocycles. The van der Waals surface area contributed by atoms with E-state index in [1.54, 1.807) is 0 Å². The fourth-order valence-corrected chi connectivity index (χ4v) is 1.49. The summed E-state index contributed by atoms with van der Waals surface area (Å²) in [6.45, 7) is 1.93. The summed E-state index contributed by atoms with van der Waals surface area (Å²) in [6.07, 6.45) is -1.81. The first kappa shape index (κ1) is 15.3. The van der Waals surface area contributed by atoms with Gasteiger partial charge in [-0.05, 0) is 18.6 Å². The lowest BCUT2D eigenvalue weighted by molar-refractivity contribution is -0.139. The molecule has 0 spiro atoms. The number of pyridine rings is 1. The van der Waals surface area contributed by atoms with Gasteiger partial charge in [-0.1, -0.05) is 19.8 Å². The maximum Gasteiger partial charge on any atom is 0.417 e. The number of alkyl halides is 3. The topological polar surface area (TPSA) is 62.2 Å². The quantitative estimate of drug-likeness (QED) is 0.837. The minimum atomic E-state index is -4.44. The Labute approximate surface area is 108 Å². The minimum Gasteiger partial charge on any atom is -0.480 e. The van der Waals surface area contributed by atoms with E-state index in [2.05, 4.69) is 10.3 Å². The molecule has 1 rings (SSSR count). The SMILES string of the molecule is CCCCC(Nc1ccc(C(F)(F)F)cn1)C(=O)O. The van der Waals surface area contributed by atoms with Crippen molar-refractivity contribution in [1.82, 2.24) is 4.98 Å². The number of anilines is 1. The number of hydrogen-bond acceptors (Lipinski definition) is 3. The van der Waals surface area contributed by atoms with Crippen LogP contribution in [0.3, 0.4) is 0 Å². The van der Waals surface area contributed by atoms with Gasteiger partial charge in [0.25, 0.3) is 0 Å². The number of aliphatic carboxylic acids is 1. The predicted molar refractivity (Wildman–Crippen MR) is 63.8 cm³/mol. The highest BCUT2D eigenvalue weighted by molar-refractivity contribution is 5.76. The van der Waals surface area contributed by atoms with Crippen LogP contribution in [-0.4, -0.2) is 22.1 Å². The molecule has 1 unspecified atom stereocenters. The van der Waals surface area contributed by atoms with Crippen LogP contribution in [0.25, 0.3) is 0 Å². The van der Waals surface area contributed by atoms with Gasteiger partial charge in [-0.15, -0.1) is 0 Å². The molecule has 0 saturated carbocycles. The van der Waals surface area contributed by atoms with Gasteiger partial charge in [-0.3, -0.25) is 0 Å². The summed E-state index contributed by atoms with van der Waals surface area (Å²) in [6, 6.07) is 1.16. The van der Waals surface area contributed by atoms with Crippen LogP contribution in [0.2, 0.25) is 0 Å². The van der Waals surface area contributed by atoms with Crippen LogP contribution >= 0.6 is 0 Å². The lowest BCUT2D eigenvalue weighted by atomic mass is 10.1. The van der Waals surface area contributed by atoms with E-state index in [1.807, 2.05) is 6.92 Å². The van der Waals surface area contributed by atoms with Gasteiger partial charge in [0.05, 0.1) is 5.56 Å². The fraction of sp³-hybridized carbons (Fsp3) is 0.500. The standard InChI is InChI=1S/C12H15F3N2O2/c1-2-3-4-9(11(18)19)17-10-6-5-8(7-16-10)12(13,14)15/h5-7,9H,2-4H2,1H3,(H,16,17)(H,18,19). The van der Waals surface area contributed by atoms with Crippen LogP contribution in [0.15, 0.2) is 18.3 Å². The highest BCUT2D eigenvalue weighted by atomic mass is 19.4. The summed E-state index contributed by atoms with van der Waals surface area (Å²) >= 11 is 0. The number of carboxylic acids is 1. The molecule has 1 aromatic heterocycles. The van der Waals surface area contributed by atoms with E-state index in [4.69, 9.17) is 5.11 Å². The number of unbranched alkanes of at least 4 members (excludes halogenated alkanes) is 1. The van der Waals surface area contributed by atoms with E-state index in [1.165, 1.54) is 0 Å². The molecule has 1 atom stereocenters. The molecule has 0 radical (unpaired) electrons. The second-order valence-electron chi connectivity index (χ2n) is 4.11. The van der Waals surface area contributed by atoms with E-state index >= 15 is 0 Å². The normalized spacial score (nSPS) is 13.1. The van der Waals surface area contributed by atoms with Crippen LogP contribution in [0.4, 0.5) is 19.0 Å². The minimum absolute atomic E-state index is 0.122. The van der Waals surface area contributed by atoms with Crippen molar-refractivity contribution < 1.29 is 23.1 Å². The molecular weight excluding hydrogens is 261 g/mol. The third kappa shape index (κ3) is 4.76. The van der Waals surface area contributed by atoms with Crippen molar-refractivity contribution in [2.75, 3.05) is 5.32 Å². The molecule has 19 heavy (non-hydrogen) atoms. The zero-order valence-electron chi connectivity index (χ0n) is 10.4. The van der Waals surface area contributed by atoms with Crippen molar-refractivity contribution in [3.63, 3.8) is 0 Å². The average Bonchev–Trinajstić information content (AvgIpc) is 2.33. The van der Waals surface area contributed by atoms with Gasteiger partial charge in [0.15, 0.2) is 0 Å². The van der Waals surface area contributed by atoms with E-state index in [0.717, 1.165) is 18.6 Å². The van der Waals surface area contributed by atoms with Crippen molar-refractivity contribution in [1.29, 1.82) is 0 Å². The monoisotopic (exact) mass is 276 g/mol. The maximum atomic E-state index is 12.3. The largest absolute Gasteiger partial charge is 0.480 e. The molecular formula is C12H15F3N2O2. The van der Waals surface area contributed by atoms with E-state index < -0.39 is 23.8 Å². The lowest BCUT2D eigenvalue weighted by Gasteiger charge is -2.15. The Kier molecular flexibility index (Phi) is 5.14. The summed E-state index contributed by atoms with van der Waals surface area (Å²) < 4.78 is 37.0. The summed E-state index contributed by atoms with van der Waals surface area (Å²) in [5.74, 6) is -0.924. The van der Waals surface area contributed by atoms with Crippen LogP contribution in [0, 0.1) is 0 Å². The van der Waals surface area contributed by atoms with Gasteiger partial charge in [0.2, 0.25) is 0 Å². The maximum absolute atomic E-state index is 12.3. The average molecular weight is 276 g/mol. The van der Waals surface area contributed by atoms with Gasteiger partial charge in [-0.25, -0.2) is 9.78 Å². The first-order chi connectivity index (χ1) is 8.84. The number of carboxylic acid groups (broad SMARTS) is 1. The number of aromatic nitrogens is 1. The third-order valence-corrected chi connectivity index (χ3v) is 2.56. The Bertz CT molecular complexity index is 418. The number of rotatable bonds is 6. The number of halogens is 3. The number of nitrogens with one attached hydrogen (secondary N) is 1. The van der Waals surface area contributed by atoms with Gasteiger partial charge in [0, 0.05) is 6.20 Å². The summed E-state index contributed by atoms with van der Waals surface area (Å²) in [5, 5.41) is 11.6. The first-order valence-corrected chi connectivity index (χ1v) is 5.87. The summed E-state index contributed by atoms with van der Waals surface area (Å²) in [5.41, 5.74) is -0.863. The molecule has 2 N–H and O–H groups in total. The fourth-order valence-electron chi connectivity index (χ4n) is 1.49. The van der Waals surface area contributed by atoms with Gasteiger partial charge >= 0.3 is 12.1 Å². The first-order valence-electron chi connectivity index (χ1n) is 5.87. The van der Waals surface area contributed by atoms with Crippen molar-refractivity contribution in [2.24, 2.45) is 0 Å². The van der Waals surface area contributed by atoms with Crippen molar-refractivity contribution in [3.05, 3.63) is 23.9 Å². The molecule has 1 aromatic rings. The Balaban J connectivity index is 2.72.